The predicted molar refractivity (Wildman–Crippen MR) is 320 cm³/mol. The van der Waals surface area contributed by atoms with Crippen LogP contribution in [0, 0.1) is 0 Å². The molecule has 0 radical (unpaired) electrons. The standard InChI is InChI=1S/C60H47B7N2/c61-52-48(53(62)57(66)59-50(52)51-54(63)55(64)56(65)58(67)60(51)69(59)43-29-24-38(25-30-43)35-14-6-2-7-15-35)41-26-31-46-45(33-41)49-44(40-19-10-18-39(32-40)36-16-8-3-9-17-36)20-11-21-47(49)68(46)42-27-22-37(23-28-42)34-12-4-1-5-13-34/h1-33H,61-67H2. The van der Waals surface area contributed by atoms with Gasteiger partial charge in [-0.05, 0) is 110 Å². The SMILES string of the molecule is Bc1c(B)c(B)c2c(c1B)c1c(B)c(-c3ccc4c(c3)c3c(-c5cccc(-c6ccccc6)c5)cccc3n4-c3ccc(-c4ccccc4)cc3)c(B)c(B)c1n2-c1ccc(-c2ccccc2)cc1. The number of nitrogens with zero attached hydrogens (tertiary/aromatic N) is 2. The van der Waals surface area contributed by atoms with Gasteiger partial charge in [-0.25, -0.2) is 0 Å². The van der Waals surface area contributed by atoms with Crippen LogP contribution in [-0.4, -0.2) is 64.1 Å². The number of hydrogen-bond acceptors (Lipinski definition) is 0. The average Bonchev–Trinajstić information content (AvgIpc) is 3.94. The summed E-state index contributed by atoms with van der Waals surface area (Å²) in [6.07, 6.45) is 0. The fraction of sp³-hybridized carbons (Fsp3) is 0. The van der Waals surface area contributed by atoms with Gasteiger partial charge in [-0.2, -0.15) is 0 Å². The molecule has 0 spiro atoms. The predicted octanol–water partition coefficient (Wildman–Crippen LogP) is 4.02. The van der Waals surface area contributed by atoms with Crippen LogP contribution in [0.4, 0.5) is 0 Å². The summed E-state index contributed by atoms with van der Waals surface area (Å²) in [5, 5.41) is 5.20. The van der Waals surface area contributed by atoms with E-state index in [9.17, 15) is 0 Å². The molecule has 69 heavy (non-hydrogen) atoms. The summed E-state index contributed by atoms with van der Waals surface area (Å²) in [5.41, 5.74) is 28.9. The molecule has 2 heterocycles. The van der Waals surface area contributed by atoms with Crippen LogP contribution in [-0.2, 0) is 0 Å². The van der Waals surface area contributed by atoms with Crippen LogP contribution in [0.2, 0.25) is 0 Å². The zero-order chi connectivity index (χ0) is 47.1. The van der Waals surface area contributed by atoms with E-state index in [2.05, 4.69) is 264 Å². The summed E-state index contributed by atoms with van der Waals surface area (Å²) in [7, 11) is 16.3. The van der Waals surface area contributed by atoms with Gasteiger partial charge in [0.25, 0.3) is 0 Å². The van der Waals surface area contributed by atoms with Crippen molar-refractivity contribution in [3.8, 4) is 67.0 Å². The Hall–Kier alpha value is -7.75. The normalized spacial score (nSPS) is 11.6. The van der Waals surface area contributed by atoms with E-state index in [0.29, 0.717) is 0 Å². The Bertz CT molecular complexity index is 3990. The minimum Gasteiger partial charge on any atom is -0.310 e. The Morgan fingerprint density at radius 1 is 0.261 bits per heavy atom. The van der Waals surface area contributed by atoms with Crippen molar-refractivity contribution in [1.29, 1.82) is 0 Å². The summed E-state index contributed by atoms with van der Waals surface area (Å²) in [6.45, 7) is 0. The van der Waals surface area contributed by atoms with Crippen molar-refractivity contribution in [2.75, 3.05) is 0 Å². The zero-order valence-electron chi connectivity index (χ0n) is 40.4. The molecule has 9 heteroatoms. The minimum absolute atomic E-state index is 1.14. The van der Waals surface area contributed by atoms with Gasteiger partial charge in [0.05, 0.1) is 11.0 Å². The van der Waals surface area contributed by atoms with Crippen LogP contribution >= 0.6 is 0 Å². The highest BCUT2D eigenvalue weighted by atomic mass is 15.0. The summed E-state index contributed by atoms with van der Waals surface area (Å²) in [4.78, 5) is 0. The Morgan fingerprint density at radius 2 is 0.710 bits per heavy atom. The Labute approximate surface area is 410 Å². The van der Waals surface area contributed by atoms with Crippen molar-refractivity contribution in [3.63, 3.8) is 0 Å². The average molecular weight is 872 g/mol. The number of rotatable bonds is 7. The number of fused-ring (bicyclic) bond motifs is 6. The van der Waals surface area contributed by atoms with Gasteiger partial charge in [-0.1, -0.05) is 184 Å². The first-order chi connectivity index (χ1) is 33.7. The van der Waals surface area contributed by atoms with Crippen molar-refractivity contribution < 1.29 is 0 Å². The molecule has 0 aliphatic rings. The molecular weight excluding hydrogens is 824 g/mol. The van der Waals surface area contributed by atoms with Crippen LogP contribution in [0.15, 0.2) is 200 Å². The van der Waals surface area contributed by atoms with Crippen LogP contribution in [0.5, 0.6) is 0 Å². The number of hydrogen-bond donors (Lipinski definition) is 0. The summed E-state index contributed by atoms with van der Waals surface area (Å²) < 4.78 is 5.04. The first-order valence-corrected chi connectivity index (χ1v) is 24.3. The first kappa shape index (κ1) is 42.6. The third-order valence-electron chi connectivity index (χ3n) is 15.5. The highest BCUT2D eigenvalue weighted by Crippen LogP contribution is 2.41. The molecule has 0 N–H and O–H groups in total. The molecule has 12 aromatic rings. The molecule has 0 aliphatic carbocycles. The molecule has 2 aromatic heterocycles. The molecule has 10 aromatic carbocycles. The molecule has 2 nitrogen and oxygen atoms in total. The molecule has 0 aliphatic heterocycles. The fourth-order valence-electron chi connectivity index (χ4n) is 11.5. The molecule has 0 amide bonds. The third-order valence-corrected chi connectivity index (χ3v) is 15.5. The van der Waals surface area contributed by atoms with Gasteiger partial charge in [0.15, 0.2) is 0 Å². The van der Waals surface area contributed by atoms with Gasteiger partial charge < -0.3 is 9.13 Å². The van der Waals surface area contributed by atoms with Gasteiger partial charge in [0.2, 0.25) is 0 Å². The van der Waals surface area contributed by atoms with E-state index in [-0.39, 0.29) is 0 Å². The van der Waals surface area contributed by atoms with Crippen molar-refractivity contribution in [2.45, 2.75) is 0 Å². The molecule has 0 fully saturated rings. The Kier molecular flexibility index (Phi) is 10.4. The van der Waals surface area contributed by atoms with E-state index in [1.54, 1.807) is 0 Å². The van der Waals surface area contributed by atoms with Gasteiger partial charge in [0.1, 0.15) is 54.9 Å². The maximum atomic E-state index is 2.57. The molecule has 318 valence electrons. The largest absolute Gasteiger partial charge is 0.310 e. The number of benzene rings is 10. The van der Waals surface area contributed by atoms with Crippen LogP contribution in [0.25, 0.3) is 111 Å². The van der Waals surface area contributed by atoms with Crippen LogP contribution in [0.3, 0.4) is 0 Å². The Balaban J connectivity index is 1.11. The van der Waals surface area contributed by atoms with Gasteiger partial charge >= 0.3 is 0 Å². The molecular formula is C60H47B7N2. The third kappa shape index (κ3) is 6.81. The lowest BCUT2D eigenvalue weighted by Crippen LogP contribution is -2.48. The fourth-order valence-corrected chi connectivity index (χ4v) is 11.5. The van der Waals surface area contributed by atoms with E-state index in [4.69, 9.17) is 0 Å². The van der Waals surface area contributed by atoms with E-state index in [1.165, 1.54) is 143 Å². The Morgan fingerprint density at radius 3 is 1.30 bits per heavy atom. The second-order valence-electron chi connectivity index (χ2n) is 19.1. The van der Waals surface area contributed by atoms with Gasteiger partial charge in [-0.15, -0.1) is 5.46 Å². The quantitative estimate of drug-likeness (QED) is 0.215. The van der Waals surface area contributed by atoms with E-state index < -0.39 is 0 Å². The smallest absolute Gasteiger partial charge is 0.141 e. The van der Waals surface area contributed by atoms with Crippen molar-refractivity contribution in [3.05, 3.63) is 200 Å². The van der Waals surface area contributed by atoms with Crippen LogP contribution < -0.4 is 38.2 Å². The summed E-state index contributed by atoms with van der Waals surface area (Å²) >= 11 is 0. The molecule has 12 rings (SSSR count). The topological polar surface area (TPSA) is 9.86 Å². The molecule has 0 unspecified atom stereocenters. The maximum Gasteiger partial charge on any atom is 0.141 e. The van der Waals surface area contributed by atoms with Gasteiger partial charge in [0, 0.05) is 38.6 Å². The molecule has 0 atom stereocenters. The van der Waals surface area contributed by atoms with Gasteiger partial charge in [-0.3, -0.25) is 0 Å². The van der Waals surface area contributed by atoms with Crippen molar-refractivity contribution >= 4 is 137 Å². The number of aromatic nitrogens is 2. The van der Waals surface area contributed by atoms with Crippen molar-refractivity contribution in [1.82, 2.24) is 9.13 Å². The lowest BCUT2D eigenvalue weighted by molar-refractivity contribution is 1.18. The maximum absolute atomic E-state index is 2.57. The lowest BCUT2D eigenvalue weighted by atomic mass is 9.64. The zero-order valence-corrected chi connectivity index (χ0v) is 40.4. The van der Waals surface area contributed by atoms with E-state index >= 15 is 0 Å². The van der Waals surface area contributed by atoms with Crippen LogP contribution in [0.1, 0.15) is 0 Å². The minimum atomic E-state index is 1.14. The molecule has 0 saturated carbocycles. The summed E-state index contributed by atoms with van der Waals surface area (Å²) in [6, 6.07) is 73.5. The monoisotopic (exact) mass is 872 g/mol. The second-order valence-corrected chi connectivity index (χ2v) is 19.1. The molecule has 0 saturated heterocycles. The molecule has 0 bridgehead atoms. The van der Waals surface area contributed by atoms with E-state index in [0.717, 1.165) is 5.69 Å². The first-order valence-electron chi connectivity index (χ1n) is 24.3. The van der Waals surface area contributed by atoms with E-state index in [1.807, 2.05) is 0 Å². The summed E-state index contributed by atoms with van der Waals surface area (Å²) in [5.74, 6) is 0. The highest BCUT2D eigenvalue weighted by molar-refractivity contribution is 6.69. The van der Waals surface area contributed by atoms with Crippen molar-refractivity contribution in [2.24, 2.45) is 0 Å². The highest BCUT2D eigenvalue weighted by Gasteiger charge is 2.26. The second kappa shape index (κ2) is 16.8. The lowest BCUT2D eigenvalue weighted by Gasteiger charge is -2.19.